The summed E-state index contributed by atoms with van der Waals surface area (Å²) in [7, 11) is 0. The Morgan fingerprint density at radius 1 is 1.29 bits per heavy atom. The Bertz CT molecular complexity index is 269. The molecule has 0 spiro atoms. The molecule has 14 heavy (non-hydrogen) atoms. The summed E-state index contributed by atoms with van der Waals surface area (Å²) < 4.78 is 0. The molecule has 72 valence electrons. The fraction of sp³-hybridized carbons (Fsp3) is 0.300. The van der Waals surface area contributed by atoms with E-state index in [0.29, 0.717) is 0 Å². The van der Waals surface area contributed by atoms with Gasteiger partial charge in [-0.3, -0.25) is 0 Å². The van der Waals surface area contributed by atoms with Crippen LogP contribution in [0.25, 0.3) is 0 Å². The van der Waals surface area contributed by atoms with Gasteiger partial charge in [0.2, 0.25) is 0 Å². The van der Waals surface area contributed by atoms with E-state index >= 15 is 0 Å². The van der Waals surface area contributed by atoms with Crippen molar-refractivity contribution in [3.63, 3.8) is 0 Å². The van der Waals surface area contributed by atoms with Crippen molar-refractivity contribution in [2.75, 3.05) is 0 Å². The first-order valence-corrected chi connectivity index (χ1v) is 4.04. The number of rotatable bonds is 3. The van der Waals surface area contributed by atoms with Crippen molar-refractivity contribution < 1.29 is 44.9 Å². The van der Waals surface area contributed by atoms with Gasteiger partial charge in [-0.15, -0.1) is 0 Å². The minimum atomic E-state index is -1.11. The number of benzene rings is 1. The van der Waals surface area contributed by atoms with Crippen molar-refractivity contribution in [2.24, 2.45) is 0 Å². The molecule has 0 atom stereocenters. The molecule has 0 aliphatic rings. The van der Waals surface area contributed by atoms with E-state index in [9.17, 15) is 9.90 Å². The minimum Gasteiger partial charge on any atom is -0.545 e. The first-order chi connectivity index (χ1) is 5.74. The van der Waals surface area contributed by atoms with Gasteiger partial charge >= 0.3 is 29.6 Å². The molecular formula is C10H13NaO3. The van der Waals surface area contributed by atoms with Crippen LogP contribution in [0, 0.1) is 0 Å². The minimum absolute atomic E-state index is 0. The van der Waals surface area contributed by atoms with Crippen LogP contribution in [0.1, 0.15) is 29.3 Å². The summed E-state index contributed by atoms with van der Waals surface area (Å²) in [5.74, 6) is -1.11. The molecular weight excluding hydrogens is 191 g/mol. The summed E-state index contributed by atoms with van der Waals surface area (Å²) in [4.78, 5) is 10.4. The molecule has 1 aromatic carbocycles. The van der Waals surface area contributed by atoms with Gasteiger partial charge in [-0.05, 0) is 17.5 Å². The molecule has 4 heteroatoms. The van der Waals surface area contributed by atoms with Crippen molar-refractivity contribution in [3.05, 3.63) is 35.4 Å². The number of carboxylic acid groups (broad SMARTS) is 1. The van der Waals surface area contributed by atoms with E-state index in [0.717, 1.165) is 12.8 Å². The number of hydrogen-bond acceptors (Lipinski definition) is 2. The number of aryl methyl sites for hydroxylation is 1. The van der Waals surface area contributed by atoms with E-state index in [-0.39, 0.29) is 40.6 Å². The Labute approximate surface area is 106 Å². The Hall–Kier alpha value is -0.350. The van der Waals surface area contributed by atoms with Crippen molar-refractivity contribution in [1.82, 2.24) is 0 Å². The molecule has 0 unspecified atom stereocenters. The van der Waals surface area contributed by atoms with Crippen molar-refractivity contribution in [1.29, 1.82) is 0 Å². The van der Waals surface area contributed by atoms with Gasteiger partial charge in [-0.25, -0.2) is 0 Å². The maximum absolute atomic E-state index is 10.4. The maximum Gasteiger partial charge on any atom is 1.00 e. The zero-order valence-corrected chi connectivity index (χ0v) is 10.5. The van der Waals surface area contributed by atoms with Gasteiger partial charge in [-0.2, -0.15) is 0 Å². The summed E-state index contributed by atoms with van der Waals surface area (Å²) in [5, 5.41) is 10.4. The quantitative estimate of drug-likeness (QED) is 0.498. The summed E-state index contributed by atoms with van der Waals surface area (Å²) in [6.07, 6.45) is 2.07. The van der Waals surface area contributed by atoms with Crippen LogP contribution < -0.4 is 34.7 Å². The molecule has 0 aliphatic heterocycles. The van der Waals surface area contributed by atoms with E-state index < -0.39 is 5.97 Å². The number of carboxylic acids is 1. The van der Waals surface area contributed by atoms with Gasteiger partial charge < -0.3 is 15.4 Å². The fourth-order valence-corrected chi connectivity index (χ4v) is 1.10. The predicted octanol–water partition coefficient (Wildman–Crippen LogP) is -2.82. The SMILES string of the molecule is CCCc1ccc(C(=O)[O-])cc1.O.[Na+]. The molecule has 0 radical (unpaired) electrons. The molecule has 0 saturated heterocycles. The Morgan fingerprint density at radius 3 is 2.14 bits per heavy atom. The summed E-state index contributed by atoms with van der Waals surface area (Å²) >= 11 is 0. The first kappa shape index (κ1) is 16.1. The first-order valence-electron chi connectivity index (χ1n) is 4.04. The Balaban J connectivity index is 0. The van der Waals surface area contributed by atoms with Crippen LogP contribution in [0.2, 0.25) is 0 Å². The zero-order chi connectivity index (χ0) is 8.97. The molecule has 3 nitrogen and oxygen atoms in total. The van der Waals surface area contributed by atoms with Crippen LogP contribution in [0.3, 0.4) is 0 Å². The molecule has 0 aliphatic carbocycles. The maximum atomic E-state index is 10.4. The second kappa shape index (κ2) is 8.00. The number of aromatic carboxylic acids is 1. The molecule has 0 saturated carbocycles. The molecule has 1 rings (SSSR count). The molecule has 0 aromatic heterocycles. The van der Waals surface area contributed by atoms with Gasteiger partial charge in [0.05, 0.1) is 5.97 Å². The molecule has 1 aromatic rings. The van der Waals surface area contributed by atoms with Crippen LogP contribution in [-0.2, 0) is 6.42 Å². The van der Waals surface area contributed by atoms with E-state index in [2.05, 4.69) is 6.92 Å². The number of carbonyl (C=O) groups excluding carboxylic acids is 1. The molecule has 0 fully saturated rings. The number of hydrogen-bond donors (Lipinski definition) is 0. The monoisotopic (exact) mass is 204 g/mol. The van der Waals surface area contributed by atoms with E-state index in [1.165, 1.54) is 5.56 Å². The van der Waals surface area contributed by atoms with E-state index in [4.69, 9.17) is 0 Å². The van der Waals surface area contributed by atoms with Gasteiger partial charge in [0, 0.05) is 0 Å². The molecule has 2 N–H and O–H groups in total. The van der Waals surface area contributed by atoms with Crippen LogP contribution in [0.5, 0.6) is 0 Å². The predicted molar refractivity (Wildman–Crippen MR) is 48.4 cm³/mol. The standard InChI is InChI=1S/C10H12O2.Na.H2O/c1-2-3-8-4-6-9(7-5-8)10(11)12;;/h4-7H,2-3H2,1H3,(H,11,12);;1H2/q;+1;/p-1. The topological polar surface area (TPSA) is 71.6 Å². The third kappa shape index (κ3) is 4.77. The summed E-state index contributed by atoms with van der Waals surface area (Å²) in [6.45, 7) is 2.09. The third-order valence-electron chi connectivity index (χ3n) is 1.73. The second-order valence-corrected chi connectivity index (χ2v) is 2.73. The molecule has 0 bridgehead atoms. The third-order valence-corrected chi connectivity index (χ3v) is 1.73. The Kier molecular flexibility index (Phi) is 9.20. The smallest absolute Gasteiger partial charge is 0.545 e. The van der Waals surface area contributed by atoms with E-state index in [1.54, 1.807) is 12.1 Å². The average Bonchev–Trinajstić information content (AvgIpc) is 2.06. The van der Waals surface area contributed by atoms with Gasteiger partial charge in [0.1, 0.15) is 0 Å². The second-order valence-electron chi connectivity index (χ2n) is 2.73. The largest absolute Gasteiger partial charge is 1.00 e. The molecule has 0 heterocycles. The molecule has 0 amide bonds. The van der Waals surface area contributed by atoms with Crippen LogP contribution in [0.15, 0.2) is 24.3 Å². The number of carbonyl (C=O) groups is 1. The van der Waals surface area contributed by atoms with Gasteiger partial charge in [-0.1, -0.05) is 37.6 Å². The normalized spacial score (nSPS) is 8.36. The summed E-state index contributed by atoms with van der Waals surface area (Å²) in [5.41, 5.74) is 1.41. The summed E-state index contributed by atoms with van der Waals surface area (Å²) in [6, 6.07) is 6.82. The van der Waals surface area contributed by atoms with Crippen LogP contribution >= 0.6 is 0 Å². The van der Waals surface area contributed by atoms with Gasteiger partial charge in [0.15, 0.2) is 0 Å². The van der Waals surface area contributed by atoms with Crippen molar-refractivity contribution >= 4 is 5.97 Å². The van der Waals surface area contributed by atoms with E-state index in [1.807, 2.05) is 12.1 Å². The van der Waals surface area contributed by atoms with Gasteiger partial charge in [0.25, 0.3) is 0 Å². The van der Waals surface area contributed by atoms with Crippen molar-refractivity contribution in [3.8, 4) is 0 Å². The zero-order valence-electron chi connectivity index (χ0n) is 8.54. The Morgan fingerprint density at radius 2 is 1.79 bits per heavy atom. The average molecular weight is 204 g/mol. The van der Waals surface area contributed by atoms with Crippen LogP contribution in [-0.4, -0.2) is 11.4 Å². The fourth-order valence-electron chi connectivity index (χ4n) is 1.10. The van der Waals surface area contributed by atoms with Crippen molar-refractivity contribution in [2.45, 2.75) is 19.8 Å². The van der Waals surface area contributed by atoms with Crippen LogP contribution in [0.4, 0.5) is 0 Å².